The number of hydrogen-bond donors (Lipinski definition) is 3. The highest BCUT2D eigenvalue weighted by Gasteiger charge is 2.26. The Bertz CT molecular complexity index is 854. The predicted octanol–water partition coefficient (Wildman–Crippen LogP) is -1.19. The average molecular weight is 365 g/mol. The number of carbonyl (C=O) groups excluding carboxylic acids is 2. The minimum absolute atomic E-state index is 0.0146. The van der Waals surface area contributed by atoms with Gasteiger partial charge in [0, 0.05) is 26.1 Å². The highest BCUT2D eigenvalue weighted by Crippen LogP contribution is 2.29. The van der Waals surface area contributed by atoms with Crippen LogP contribution in [0, 0.1) is 5.92 Å². The Morgan fingerprint density at radius 2 is 2.12 bits per heavy atom. The Balaban J connectivity index is 1.80. The van der Waals surface area contributed by atoms with Gasteiger partial charge >= 0.3 is 0 Å². The Morgan fingerprint density at radius 1 is 1.40 bits per heavy atom. The van der Waals surface area contributed by atoms with Gasteiger partial charge in [0.25, 0.3) is 11.5 Å². The maximum atomic E-state index is 12.5. The van der Waals surface area contributed by atoms with Gasteiger partial charge in [-0.25, -0.2) is 10.8 Å². The van der Waals surface area contributed by atoms with Crippen LogP contribution < -0.4 is 27.0 Å². The quantitative estimate of drug-likeness (QED) is 0.352. The molecular formula is C14H19N7O3S. The third-order valence-electron chi connectivity index (χ3n) is 4.23. The van der Waals surface area contributed by atoms with Gasteiger partial charge in [-0.2, -0.15) is 4.98 Å². The molecule has 0 unspecified atom stereocenters. The number of aromatic nitrogens is 3. The molecule has 0 aromatic carbocycles. The first-order chi connectivity index (χ1) is 12.0. The maximum absolute atomic E-state index is 12.5. The Kier molecular flexibility index (Phi) is 4.95. The van der Waals surface area contributed by atoms with Crippen molar-refractivity contribution in [2.45, 2.75) is 19.4 Å². The summed E-state index contributed by atoms with van der Waals surface area (Å²) in [4.78, 5) is 46.2. The van der Waals surface area contributed by atoms with Gasteiger partial charge in [-0.3, -0.25) is 24.4 Å². The van der Waals surface area contributed by atoms with Gasteiger partial charge in [-0.15, -0.1) is 0 Å². The fourth-order valence-electron chi connectivity index (χ4n) is 2.82. The molecule has 11 heteroatoms. The molecular weight excluding hydrogens is 346 g/mol. The fourth-order valence-corrected chi connectivity index (χ4v) is 3.84. The zero-order valence-corrected chi connectivity index (χ0v) is 14.5. The molecule has 0 atom stereocenters. The SMILES string of the molecule is CNC(=O)C1CCN(c2nc3ncn(CC(=O)NN)c(=O)c3s2)CC1. The molecule has 0 aliphatic carbocycles. The molecule has 2 aromatic heterocycles. The van der Waals surface area contributed by atoms with Crippen molar-refractivity contribution in [2.75, 3.05) is 25.0 Å². The number of carbonyl (C=O) groups is 2. The van der Waals surface area contributed by atoms with Crippen LogP contribution in [0.25, 0.3) is 10.3 Å². The predicted molar refractivity (Wildman–Crippen MR) is 93.0 cm³/mol. The molecule has 1 aliphatic heterocycles. The lowest BCUT2D eigenvalue weighted by atomic mass is 9.96. The molecule has 1 fully saturated rings. The van der Waals surface area contributed by atoms with E-state index in [1.165, 1.54) is 22.2 Å². The molecule has 2 amide bonds. The molecule has 0 spiro atoms. The number of hydrogen-bond acceptors (Lipinski definition) is 8. The van der Waals surface area contributed by atoms with E-state index in [1.54, 1.807) is 7.05 Å². The Morgan fingerprint density at radius 3 is 2.76 bits per heavy atom. The van der Waals surface area contributed by atoms with Gasteiger partial charge in [0.2, 0.25) is 5.91 Å². The van der Waals surface area contributed by atoms with Crippen molar-refractivity contribution in [3.63, 3.8) is 0 Å². The number of nitrogens with two attached hydrogens (primary N) is 1. The lowest BCUT2D eigenvalue weighted by molar-refractivity contribution is -0.125. The van der Waals surface area contributed by atoms with E-state index in [2.05, 4.69) is 20.2 Å². The molecule has 134 valence electrons. The molecule has 2 aromatic rings. The number of fused-ring (bicyclic) bond motifs is 1. The molecule has 0 bridgehead atoms. The number of thiazole rings is 1. The first kappa shape index (κ1) is 17.3. The second-order valence-electron chi connectivity index (χ2n) is 5.77. The lowest BCUT2D eigenvalue weighted by Crippen LogP contribution is -2.39. The van der Waals surface area contributed by atoms with Crippen LogP contribution in [0.3, 0.4) is 0 Å². The zero-order chi connectivity index (χ0) is 18.0. The molecule has 1 saturated heterocycles. The smallest absolute Gasteiger partial charge is 0.273 e. The van der Waals surface area contributed by atoms with Crippen molar-refractivity contribution in [3.8, 4) is 0 Å². The van der Waals surface area contributed by atoms with E-state index in [0.29, 0.717) is 28.6 Å². The van der Waals surface area contributed by atoms with Crippen LogP contribution >= 0.6 is 11.3 Å². The first-order valence-corrected chi connectivity index (χ1v) is 8.67. The van der Waals surface area contributed by atoms with Crippen molar-refractivity contribution >= 4 is 38.6 Å². The molecule has 25 heavy (non-hydrogen) atoms. The van der Waals surface area contributed by atoms with Crippen LogP contribution in [-0.2, 0) is 16.1 Å². The van der Waals surface area contributed by atoms with Crippen molar-refractivity contribution in [2.24, 2.45) is 11.8 Å². The second kappa shape index (κ2) is 7.15. The van der Waals surface area contributed by atoms with Crippen LogP contribution in [0.5, 0.6) is 0 Å². The second-order valence-corrected chi connectivity index (χ2v) is 6.75. The molecule has 3 rings (SSSR count). The number of anilines is 1. The normalized spacial score (nSPS) is 15.4. The molecule has 0 saturated carbocycles. The molecule has 1 aliphatic rings. The molecule has 0 radical (unpaired) electrons. The van der Waals surface area contributed by atoms with E-state index >= 15 is 0 Å². The van der Waals surface area contributed by atoms with Crippen molar-refractivity contribution < 1.29 is 9.59 Å². The zero-order valence-electron chi connectivity index (χ0n) is 13.7. The van der Waals surface area contributed by atoms with Crippen molar-refractivity contribution in [3.05, 3.63) is 16.7 Å². The van der Waals surface area contributed by atoms with E-state index in [9.17, 15) is 14.4 Å². The van der Waals surface area contributed by atoms with Gasteiger partial charge < -0.3 is 10.2 Å². The Hall–Kier alpha value is -2.53. The number of rotatable bonds is 4. The number of nitrogens with zero attached hydrogens (tertiary/aromatic N) is 4. The summed E-state index contributed by atoms with van der Waals surface area (Å²) in [6.45, 7) is 1.20. The van der Waals surface area contributed by atoms with Crippen LogP contribution in [0.1, 0.15) is 12.8 Å². The summed E-state index contributed by atoms with van der Waals surface area (Å²) in [5.74, 6) is 4.64. The number of amides is 2. The van der Waals surface area contributed by atoms with Gasteiger partial charge in [0.1, 0.15) is 17.6 Å². The van der Waals surface area contributed by atoms with Gasteiger partial charge in [0.15, 0.2) is 10.8 Å². The summed E-state index contributed by atoms with van der Waals surface area (Å²) in [6.07, 6.45) is 2.77. The van der Waals surface area contributed by atoms with Crippen LogP contribution in [0.2, 0.25) is 0 Å². The molecule has 10 nitrogen and oxygen atoms in total. The van der Waals surface area contributed by atoms with Gasteiger partial charge in [-0.05, 0) is 12.8 Å². The summed E-state index contributed by atoms with van der Waals surface area (Å²) < 4.78 is 1.60. The largest absolute Gasteiger partial charge is 0.359 e. The summed E-state index contributed by atoms with van der Waals surface area (Å²) in [7, 11) is 1.64. The van der Waals surface area contributed by atoms with E-state index in [0.717, 1.165) is 12.8 Å². The topological polar surface area (TPSA) is 135 Å². The van der Waals surface area contributed by atoms with Gasteiger partial charge in [0.05, 0.1) is 0 Å². The number of piperidine rings is 1. The summed E-state index contributed by atoms with van der Waals surface area (Å²) >= 11 is 1.25. The first-order valence-electron chi connectivity index (χ1n) is 7.85. The van der Waals surface area contributed by atoms with Gasteiger partial charge in [-0.1, -0.05) is 11.3 Å². The van der Waals surface area contributed by atoms with E-state index < -0.39 is 5.91 Å². The number of hydrazine groups is 1. The summed E-state index contributed by atoms with van der Waals surface area (Å²) in [5, 5.41) is 3.38. The Labute approximate surface area is 147 Å². The number of nitrogens with one attached hydrogen (secondary N) is 2. The monoisotopic (exact) mass is 365 g/mol. The van der Waals surface area contributed by atoms with Crippen LogP contribution in [0.15, 0.2) is 11.1 Å². The third kappa shape index (κ3) is 3.46. The lowest BCUT2D eigenvalue weighted by Gasteiger charge is -2.30. The highest BCUT2D eigenvalue weighted by molar-refractivity contribution is 7.22. The molecule has 4 N–H and O–H groups in total. The highest BCUT2D eigenvalue weighted by atomic mass is 32.1. The van der Waals surface area contributed by atoms with Crippen molar-refractivity contribution in [1.82, 2.24) is 25.3 Å². The minimum atomic E-state index is -0.482. The van der Waals surface area contributed by atoms with E-state index in [4.69, 9.17) is 5.84 Å². The van der Waals surface area contributed by atoms with Crippen molar-refractivity contribution in [1.29, 1.82) is 0 Å². The van der Waals surface area contributed by atoms with E-state index in [1.807, 2.05) is 5.43 Å². The van der Waals surface area contributed by atoms with E-state index in [-0.39, 0.29) is 23.9 Å². The summed E-state index contributed by atoms with van der Waals surface area (Å²) in [5.41, 5.74) is 2.03. The van der Waals surface area contributed by atoms with Crippen LogP contribution in [-0.4, -0.2) is 46.5 Å². The third-order valence-corrected chi connectivity index (χ3v) is 5.32. The fraction of sp³-hybridized carbons (Fsp3) is 0.500. The maximum Gasteiger partial charge on any atom is 0.273 e. The summed E-state index contributed by atoms with van der Waals surface area (Å²) in [6, 6.07) is 0. The minimum Gasteiger partial charge on any atom is -0.359 e. The average Bonchev–Trinajstić information content (AvgIpc) is 3.08. The standard InChI is InChI=1S/C14H19N7O3S/c1-16-12(23)8-2-4-20(5-3-8)14-18-11-10(25-14)13(24)21(7-17-11)6-9(22)19-15/h7-8H,2-6,15H2,1H3,(H,16,23)(H,19,22). The molecule has 3 heterocycles. The van der Waals surface area contributed by atoms with Crippen LogP contribution in [0.4, 0.5) is 5.13 Å².